The minimum absolute atomic E-state index is 0.00342. The molecule has 0 N–H and O–H groups in total. The van der Waals surface area contributed by atoms with Crippen molar-refractivity contribution in [1.82, 2.24) is 4.31 Å². The van der Waals surface area contributed by atoms with E-state index in [2.05, 4.69) is 0 Å². The second-order valence-corrected chi connectivity index (χ2v) is 8.18. The van der Waals surface area contributed by atoms with E-state index in [1.807, 2.05) is 0 Å². The van der Waals surface area contributed by atoms with Crippen molar-refractivity contribution in [2.45, 2.75) is 6.42 Å². The van der Waals surface area contributed by atoms with Crippen molar-refractivity contribution >= 4 is 31.5 Å². The summed E-state index contributed by atoms with van der Waals surface area (Å²) in [6, 6.07) is 0. The maximum atomic E-state index is 11.6. The molecule has 90 valence electrons. The van der Waals surface area contributed by atoms with Crippen LogP contribution in [-0.2, 0) is 19.9 Å². The van der Waals surface area contributed by atoms with Crippen molar-refractivity contribution in [3.8, 4) is 0 Å². The molecule has 1 rings (SSSR count). The average Bonchev–Trinajstić information content (AvgIpc) is 2.14. The number of nitrogens with zero attached hydrogens (tertiary/aromatic N) is 1. The zero-order chi connectivity index (χ0) is 11.5. The molecule has 0 atom stereocenters. The van der Waals surface area contributed by atoms with Crippen LogP contribution in [0.1, 0.15) is 6.42 Å². The maximum absolute atomic E-state index is 11.6. The van der Waals surface area contributed by atoms with Crippen LogP contribution in [-0.4, -0.2) is 57.4 Å². The first-order valence-electron chi connectivity index (χ1n) is 4.61. The molecule has 15 heavy (non-hydrogen) atoms. The molecule has 0 radical (unpaired) electrons. The summed E-state index contributed by atoms with van der Waals surface area (Å²) in [6.07, 6.45) is 0.396. The van der Waals surface area contributed by atoms with Crippen LogP contribution in [0.4, 0.5) is 0 Å². The van der Waals surface area contributed by atoms with E-state index in [4.69, 9.17) is 11.6 Å². The van der Waals surface area contributed by atoms with Gasteiger partial charge in [0.15, 0.2) is 9.84 Å². The second kappa shape index (κ2) is 4.99. The number of halogens is 1. The summed E-state index contributed by atoms with van der Waals surface area (Å²) in [4.78, 5) is 0. The van der Waals surface area contributed by atoms with Crippen LogP contribution >= 0.6 is 11.6 Å². The molecular weight excluding hydrogens is 262 g/mol. The van der Waals surface area contributed by atoms with E-state index < -0.39 is 19.9 Å². The Kier molecular flexibility index (Phi) is 4.39. The maximum Gasteiger partial charge on any atom is 0.214 e. The van der Waals surface area contributed by atoms with Gasteiger partial charge in [-0.15, -0.1) is 11.6 Å². The Morgan fingerprint density at radius 1 is 1.20 bits per heavy atom. The van der Waals surface area contributed by atoms with Crippen LogP contribution < -0.4 is 0 Å². The molecule has 0 unspecified atom stereocenters. The molecule has 1 aliphatic rings. The van der Waals surface area contributed by atoms with Crippen molar-refractivity contribution in [1.29, 1.82) is 0 Å². The Bertz CT molecular complexity index is 389. The van der Waals surface area contributed by atoms with Crippen LogP contribution in [0, 0.1) is 0 Å². The average molecular weight is 276 g/mol. The monoisotopic (exact) mass is 275 g/mol. The van der Waals surface area contributed by atoms with Gasteiger partial charge < -0.3 is 0 Å². The fourth-order valence-electron chi connectivity index (χ4n) is 1.34. The molecule has 0 aromatic carbocycles. The number of rotatable bonds is 4. The summed E-state index contributed by atoms with van der Waals surface area (Å²) >= 11 is 5.41. The van der Waals surface area contributed by atoms with Crippen molar-refractivity contribution < 1.29 is 16.8 Å². The summed E-state index contributed by atoms with van der Waals surface area (Å²) in [5.74, 6) is 0.141. The predicted molar refractivity (Wildman–Crippen MR) is 59.4 cm³/mol. The van der Waals surface area contributed by atoms with Gasteiger partial charge in [0.25, 0.3) is 0 Å². The summed E-state index contributed by atoms with van der Waals surface area (Å²) in [7, 11) is -6.34. The van der Waals surface area contributed by atoms with E-state index in [0.29, 0.717) is 12.3 Å². The molecule has 0 amide bonds. The highest BCUT2D eigenvalue weighted by Gasteiger charge is 2.29. The zero-order valence-corrected chi connectivity index (χ0v) is 10.6. The largest absolute Gasteiger partial charge is 0.229 e. The summed E-state index contributed by atoms with van der Waals surface area (Å²) in [5.41, 5.74) is 0. The van der Waals surface area contributed by atoms with Gasteiger partial charge in [-0.05, 0) is 6.42 Å². The fourth-order valence-corrected chi connectivity index (χ4v) is 4.57. The Balaban J connectivity index is 2.60. The van der Waals surface area contributed by atoms with Crippen LogP contribution in [0.5, 0.6) is 0 Å². The normalized spacial score (nSPS) is 22.7. The van der Waals surface area contributed by atoms with Crippen LogP contribution in [0.2, 0.25) is 0 Å². The SMILES string of the molecule is O=S1(=O)CCN(S(=O)(=O)CCCCl)CC1. The van der Waals surface area contributed by atoms with Gasteiger partial charge in [0.1, 0.15) is 0 Å². The molecule has 5 nitrogen and oxygen atoms in total. The molecule has 1 fully saturated rings. The van der Waals surface area contributed by atoms with Gasteiger partial charge in [-0.1, -0.05) is 0 Å². The van der Waals surface area contributed by atoms with E-state index >= 15 is 0 Å². The smallest absolute Gasteiger partial charge is 0.214 e. The molecule has 0 spiro atoms. The first kappa shape index (κ1) is 13.2. The van der Waals surface area contributed by atoms with E-state index in [1.165, 1.54) is 4.31 Å². The third-order valence-corrected chi connectivity index (χ3v) is 6.07. The summed E-state index contributed by atoms with van der Waals surface area (Å²) in [5, 5.41) is 0. The van der Waals surface area contributed by atoms with Crippen molar-refractivity contribution in [3.63, 3.8) is 0 Å². The first-order valence-corrected chi connectivity index (χ1v) is 8.58. The highest BCUT2D eigenvalue weighted by atomic mass is 35.5. The number of hydrogen-bond acceptors (Lipinski definition) is 4. The van der Waals surface area contributed by atoms with Gasteiger partial charge in [-0.2, -0.15) is 4.31 Å². The predicted octanol–water partition coefficient (Wildman–Crippen LogP) is -0.324. The van der Waals surface area contributed by atoms with Crippen molar-refractivity contribution in [2.75, 3.05) is 36.2 Å². The van der Waals surface area contributed by atoms with Gasteiger partial charge in [0, 0.05) is 19.0 Å². The Labute approximate surface area is 95.4 Å². The number of alkyl halides is 1. The molecule has 0 bridgehead atoms. The van der Waals surface area contributed by atoms with E-state index in [1.54, 1.807) is 0 Å². The van der Waals surface area contributed by atoms with E-state index in [0.717, 1.165) is 0 Å². The third-order valence-electron chi connectivity index (χ3n) is 2.23. The minimum atomic E-state index is -3.31. The molecule has 1 heterocycles. The van der Waals surface area contributed by atoms with Crippen LogP contribution in [0.25, 0.3) is 0 Å². The first-order chi connectivity index (χ1) is 6.87. The lowest BCUT2D eigenvalue weighted by atomic mass is 10.6. The van der Waals surface area contributed by atoms with Gasteiger partial charge in [0.2, 0.25) is 10.0 Å². The highest BCUT2D eigenvalue weighted by molar-refractivity contribution is 7.92. The van der Waals surface area contributed by atoms with Gasteiger partial charge in [0.05, 0.1) is 17.3 Å². The number of sulfonamides is 1. The van der Waals surface area contributed by atoms with Crippen molar-refractivity contribution in [2.24, 2.45) is 0 Å². The molecule has 0 aromatic rings. The third kappa shape index (κ3) is 3.90. The lowest BCUT2D eigenvalue weighted by molar-refractivity contribution is 0.430. The standard InChI is InChI=1S/C7H14ClNO4S2/c8-2-1-5-15(12,13)9-3-6-14(10,11)7-4-9/h1-7H2. The Morgan fingerprint density at radius 2 is 1.73 bits per heavy atom. The lowest BCUT2D eigenvalue weighted by Gasteiger charge is -2.25. The summed E-state index contributed by atoms with van der Waals surface area (Å²) in [6.45, 7) is 0.153. The van der Waals surface area contributed by atoms with Crippen LogP contribution in [0.15, 0.2) is 0 Å². The quantitative estimate of drug-likeness (QED) is 0.659. The number of sulfone groups is 1. The summed E-state index contributed by atoms with van der Waals surface area (Å²) < 4.78 is 46.7. The Morgan fingerprint density at radius 3 is 2.20 bits per heavy atom. The fraction of sp³-hybridized carbons (Fsp3) is 1.00. The molecule has 1 saturated heterocycles. The zero-order valence-electron chi connectivity index (χ0n) is 8.22. The molecule has 0 saturated carbocycles. The Hall–Kier alpha value is 0.150. The molecule has 0 aromatic heterocycles. The molecule has 8 heteroatoms. The van der Waals surface area contributed by atoms with E-state index in [9.17, 15) is 16.8 Å². The van der Waals surface area contributed by atoms with Gasteiger partial charge in [-0.25, -0.2) is 16.8 Å². The van der Waals surface area contributed by atoms with Gasteiger partial charge in [-0.3, -0.25) is 0 Å². The second-order valence-electron chi connectivity index (χ2n) is 3.41. The van der Waals surface area contributed by atoms with E-state index in [-0.39, 0.29) is 30.3 Å². The topological polar surface area (TPSA) is 71.5 Å². The lowest BCUT2D eigenvalue weighted by Crippen LogP contribution is -2.44. The molecular formula is C7H14ClNO4S2. The van der Waals surface area contributed by atoms with Crippen LogP contribution in [0.3, 0.4) is 0 Å². The molecule has 1 aliphatic heterocycles. The highest BCUT2D eigenvalue weighted by Crippen LogP contribution is 2.10. The molecule has 0 aliphatic carbocycles. The minimum Gasteiger partial charge on any atom is -0.229 e. The van der Waals surface area contributed by atoms with Crippen molar-refractivity contribution in [3.05, 3.63) is 0 Å². The van der Waals surface area contributed by atoms with Gasteiger partial charge >= 0.3 is 0 Å². The number of hydrogen-bond donors (Lipinski definition) is 0.